The third-order valence-corrected chi connectivity index (χ3v) is 1.16. The van der Waals surface area contributed by atoms with Crippen molar-refractivity contribution in [3.63, 3.8) is 0 Å². The zero-order valence-corrected chi connectivity index (χ0v) is 6.26. The van der Waals surface area contributed by atoms with Gasteiger partial charge in [0.25, 0.3) is 0 Å². The van der Waals surface area contributed by atoms with Gasteiger partial charge in [-0.1, -0.05) is 43.1 Å². The molecule has 88 valence electrons. The third kappa shape index (κ3) is 24.5. The molecule has 0 heterocycles. The van der Waals surface area contributed by atoms with Crippen LogP contribution in [0.5, 0.6) is 0 Å². The second-order valence-electron chi connectivity index (χ2n) is 2.22. The minimum Gasteiger partial charge on any atom is -0.394 e. The number of rotatable bonds is 5. The molecule has 0 fully saturated rings. The molecule has 2 heteroatoms. The van der Waals surface area contributed by atoms with Gasteiger partial charge in [-0.15, -0.1) is 0 Å². The van der Waals surface area contributed by atoms with Gasteiger partial charge in [-0.2, -0.15) is 0 Å². The minimum atomic E-state index is 0. The van der Waals surface area contributed by atoms with Crippen LogP contribution in [0.2, 0.25) is 0 Å². The van der Waals surface area contributed by atoms with E-state index in [2.05, 4.69) is 6.92 Å². The molecule has 0 aliphatic heterocycles. The Morgan fingerprint density at radius 3 is 1.92 bits per heavy atom. The molecule has 0 rings (SSSR count). The minimum absolute atomic E-state index is 0. The maximum absolute atomic E-state index is 8.51. The van der Waals surface area contributed by atoms with Crippen LogP contribution in [0.1, 0.15) is 56.4 Å². The third-order valence-electron chi connectivity index (χ3n) is 1.16. The van der Waals surface area contributed by atoms with Gasteiger partial charge in [-0.25, -0.2) is 0 Å². The van der Waals surface area contributed by atoms with E-state index in [1.807, 2.05) is 6.92 Å². The van der Waals surface area contributed by atoms with E-state index in [1.165, 1.54) is 0 Å². The molecule has 13 heavy (non-hydrogen) atoms. The van der Waals surface area contributed by atoms with Crippen molar-refractivity contribution in [2.45, 2.75) is 62.5 Å². The van der Waals surface area contributed by atoms with Gasteiger partial charge in [0.15, 0.2) is 0 Å². The summed E-state index contributed by atoms with van der Waals surface area (Å²) in [5.74, 6) is 0. The first-order chi connectivity index (χ1) is 4.31. The van der Waals surface area contributed by atoms with E-state index < -0.39 is 0 Å². The van der Waals surface area contributed by atoms with Crippen LogP contribution in [0, 0.1) is 0 Å². The average Bonchev–Trinajstić information content (AvgIpc) is 1.89. The van der Waals surface area contributed by atoms with E-state index in [0.717, 1.165) is 19.4 Å². The van der Waals surface area contributed by atoms with Gasteiger partial charge in [0.05, 0.1) is 12.7 Å². The molecule has 0 spiro atoms. The first kappa shape index (κ1) is 29.3. The summed E-state index contributed by atoms with van der Waals surface area (Å²) in [6, 6.07) is 0. The van der Waals surface area contributed by atoms with Crippen molar-refractivity contribution in [2.24, 2.45) is 0 Å². The Hall–Kier alpha value is -0.0800. The smallest absolute Gasteiger partial charge is 0.0777 e. The fourth-order valence-corrected chi connectivity index (χ4v) is 0.482. The van der Waals surface area contributed by atoms with E-state index in [9.17, 15) is 0 Å². The second kappa shape index (κ2) is 22.7. The summed E-state index contributed by atoms with van der Waals surface area (Å²) < 4.78 is 5.18. The average molecular weight is 196 g/mol. The Balaban J connectivity index is -0.0000000533. The summed E-state index contributed by atoms with van der Waals surface area (Å²) in [6.45, 7) is 4.89. The Kier molecular flexibility index (Phi) is 51.0. The van der Waals surface area contributed by atoms with Crippen molar-refractivity contribution in [2.75, 3.05) is 13.2 Å². The lowest BCUT2D eigenvalue weighted by Gasteiger charge is -2.07. The lowest BCUT2D eigenvalue weighted by atomic mass is 10.3. The molecule has 0 aliphatic rings. The Morgan fingerprint density at radius 1 is 1.15 bits per heavy atom. The van der Waals surface area contributed by atoms with Gasteiger partial charge >= 0.3 is 0 Å². The van der Waals surface area contributed by atoms with Gasteiger partial charge in [0.2, 0.25) is 0 Å². The normalized spacial score (nSPS) is 9.46. The highest BCUT2D eigenvalue weighted by molar-refractivity contribution is 4.43. The predicted octanol–water partition coefficient (Wildman–Crippen LogP) is 3.73. The van der Waals surface area contributed by atoms with E-state index in [0.29, 0.717) is 0 Å². The number of unbranched alkanes of at least 4 members (excludes halogenated alkanes) is 1. The van der Waals surface area contributed by atoms with Crippen molar-refractivity contribution in [3.05, 3.63) is 0 Å². The first-order valence-corrected chi connectivity index (χ1v) is 3.53. The molecule has 0 saturated carbocycles. The standard InChI is InChI=1S/C7H16O2.4CH4/c1-3-4-5-9-7(2)6-8;;;;/h7-8H,3-6H2,1-2H3;4*1H4. The van der Waals surface area contributed by atoms with Crippen molar-refractivity contribution in [1.29, 1.82) is 0 Å². The summed E-state index contributed by atoms with van der Waals surface area (Å²) in [7, 11) is 0. The van der Waals surface area contributed by atoms with Gasteiger partial charge < -0.3 is 9.84 Å². The van der Waals surface area contributed by atoms with Crippen LogP contribution < -0.4 is 0 Å². The van der Waals surface area contributed by atoms with Crippen molar-refractivity contribution in [3.8, 4) is 0 Å². The second-order valence-corrected chi connectivity index (χ2v) is 2.22. The molecule has 2 nitrogen and oxygen atoms in total. The largest absolute Gasteiger partial charge is 0.394 e. The van der Waals surface area contributed by atoms with E-state index in [4.69, 9.17) is 9.84 Å². The van der Waals surface area contributed by atoms with Crippen LogP contribution in [-0.2, 0) is 4.74 Å². The molecule has 0 aromatic heterocycles. The van der Waals surface area contributed by atoms with E-state index in [1.54, 1.807) is 0 Å². The molecular weight excluding hydrogens is 164 g/mol. The SMILES string of the molecule is C.C.C.C.CCCCOC(C)CO. The van der Waals surface area contributed by atoms with E-state index >= 15 is 0 Å². The molecule has 0 radical (unpaired) electrons. The Morgan fingerprint density at radius 2 is 1.62 bits per heavy atom. The zero-order valence-electron chi connectivity index (χ0n) is 6.26. The molecule has 0 bridgehead atoms. The highest BCUT2D eigenvalue weighted by Crippen LogP contribution is 1.92. The highest BCUT2D eigenvalue weighted by Gasteiger charge is 1.96. The maximum Gasteiger partial charge on any atom is 0.0777 e. The van der Waals surface area contributed by atoms with Crippen LogP contribution in [0.3, 0.4) is 0 Å². The number of aliphatic hydroxyl groups is 1. The first-order valence-electron chi connectivity index (χ1n) is 3.53. The molecule has 0 aromatic rings. The van der Waals surface area contributed by atoms with Crippen molar-refractivity contribution in [1.82, 2.24) is 0 Å². The molecule has 1 N–H and O–H groups in total. The predicted molar refractivity (Wildman–Crippen MR) is 64.3 cm³/mol. The van der Waals surface area contributed by atoms with Gasteiger partial charge in [-0.05, 0) is 13.3 Å². The fraction of sp³-hybridized carbons (Fsp3) is 1.00. The van der Waals surface area contributed by atoms with Crippen molar-refractivity contribution >= 4 is 0 Å². The van der Waals surface area contributed by atoms with Crippen LogP contribution in [0.15, 0.2) is 0 Å². The topological polar surface area (TPSA) is 29.5 Å². The summed E-state index contributed by atoms with van der Waals surface area (Å²) in [4.78, 5) is 0. The summed E-state index contributed by atoms with van der Waals surface area (Å²) >= 11 is 0. The molecule has 1 unspecified atom stereocenters. The number of hydrogen-bond acceptors (Lipinski definition) is 2. The molecule has 0 saturated heterocycles. The lowest BCUT2D eigenvalue weighted by molar-refractivity contribution is 0.0237. The Labute approximate surface area is 86.3 Å². The quantitative estimate of drug-likeness (QED) is 0.679. The van der Waals surface area contributed by atoms with Crippen LogP contribution >= 0.6 is 0 Å². The summed E-state index contributed by atoms with van der Waals surface area (Å²) in [5, 5.41) is 8.51. The van der Waals surface area contributed by atoms with Gasteiger partial charge in [0, 0.05) is 6.61 Å². The van der Waals surface area contributed by atoms with Gasteiger partial charge in [0.1, 0.15) is 0 Å². The monoisotopic (exact) mass is 196 g/mol. The number of aliphatic hydroxyl groups excluding tert-OH is 1. The maximum atomic E-state index is 8.51. The molecular formula is C11H32O2. The molecule has 0 amide bonds. The molecule has 0 aliphatic carbocycles. The Bertz CT molecular complexity index is 56.1. The zero-order chi connectivity index (χ0) is 7.11. The molecule has 1 atom stereocenters. The summed E-state index contributed by atoms with van der Waals surface area (Å²) in [6.07, 6.45) is 2.25. The van der Waals surface area contributed by atoms with Crippen LogP contribution in [0.4, 0.5) is 0 Å². The van der Waals surface area contributed by atoms with Gasteiger partial charge in [-0.3, -0.25) is 0 Å². The fourth-order valence-electron chi connectivity index (χ4n) is 0.482. The highest BCUT2D eigenvalue weighted by atomic mass is 16.5. The summed E-state index contributed by atoms with van der Waals surface area (Å²) in [5.41, 5.74) is 0. The number of ether oxygens (including phenoxy) is 1. The van der Waals surface area contributed by atoms with Crippen molar-refractivity contribution < 1.29 is 9.84 Å². The van der Waals surface area contributed by atoms with Crippen LogP contribution in [-0.4, -0.2) is 24.4 Å². The van der Waals surface area contributed by atoms with Crippen LogP contribution in [0.25, 0.3) is 0 Å². The number of hydrogen-bond donors (Lipinski definition) is 1. The molecule has 0 aromatic carbocycles. The lowest BCUT2D eigenvalue weighted by Crippen LogP contribution is -2.13. The van der Waals surface area contributed by atoms with E-state index in [-0.39, 0.29) is 42.4 Å².